The topological polar surface area (TPSA) is 72.8 Å². The zero-order valence-electron chi connectivity index (χ0n) is 17.2. The average Bonchev–Trinajstić information content (AvgIpc) is 2.92. The molecule has 2 fully saturated rings. The molecule has 0 amide bonds. The zero-order chi connectivity index (χ0) is 21.0. The van der Waals surface area contributed by atoms with Gasteiger partial charge in [0.1, 0.15) is 5.75 Å². The molecule has 0 unspecified atom stereocenters. The molecule has 5 heteroatoms. The molecule has 1 aromatic carbocycles. The lowest BCUT2D eigenvalue weighted by Gasteiger charge is -2.54. The van der Waals surface area contributed by atoms with Crippen LogP contribution in [0.3, 0.4) is 0 Å². The number of aliphatic hydroxyl groups is 1. The summed E-state index contributed by atoms with van der Waals surface area (Å²) in [7, 11) is 0. The lowest BCUT2D eigenvalue weighted by Crippen LogP contribution is -2.55. The van der Waals surface area contributed by atoms with Gasteiger partial charge >= 0.3 is 11.9 Å². The van der Waals surface area contributed by atoms with Crippen LogP contribution in [0.1, 0.15) is 63.5 Å². The van der Waals surface area contributed by atoms with Crippen molar-refractivity contribution in [1.82, 2.24) is 0 Å². The Balaban J connectivity index is 1.69. The summed E-state index contributed by atoms with van der Waals surface area (Å²) in [6, 6.07) is 5.72. The molecule has 0 heterocycles. The first-order chi connectivity index (χ1) is 13.7. The Labute approximate surface area is 171 Å². The molecule has 1 aromatic rings. The van der Waals surface area contributed by atoms with E-state index in [1.807, 2.05) is 18.2 Å². The van der Waals surface area contributed by atoms with Gasteiger partial charge < -0.3 is 14.6 Å². The molecule has 0 aromatic heterocycles. The number of rotatable bonds is 2. The summed E-state index contributed by atoms with van der Waals surface area (Å²) in [4.78, 5) is 23.1. The number of ether oxygens (including phenoxy) is 2. The Morgan fingerprint density at radius 3 is 2.66 bits per heavy atom. The van der Waals surface area contributed by atoms with E-state index in [-0.39, 0.29) is 29.7 Å². The number of hydrogen-bond donors (Lipinski definition) is 1. The van der Waals surface area contributed by atoms with Crippen LogP contribution in [0.2, 0.25) is 0 Å². The monoisotopic (exact) mass is 396 g/mol. The lowest BCUT2D eigenvalue weighted by molar-refractivity contribution is -0.171. The summed E-state index contributed by atoms with van der Waals surface area (Å²) in [5, 5.41) is 11.2. The molecule has 0 aliphatic heterocycles. The van der Waals surface area contributed by atoms with Crippen molar-refractivity contribution < 1.29 is 24.2 Å². The van der Waals surface area contributed by atoms with Gasteiger partial charge in [0, 0.05) is 25.2 Å². The van der Waals surface area contributed by atoms with Gasteiger partial charge in [0.05, 0.1) is 6.10 Å². The van der Waals surface area contributed by atoms with Gasteiger partial charge in [-0.1, -0.05) is 18.9 Å². The molecule has 29 heavy (non-hydrogen) atoms. The predicted molar refractivity (Wildman–Crippen MR) is 107 cm³/mol. The molecule has 3 aliphatic rings. The van der Waals surface area contributed by atoms with Gasteiger partial charge in [-0.05, 0) is 67.2 Å². The van der Waals surface area contributed by atoms with Gasteiger partial charge in [0.2, 0.25) is 0 Å². The van der Waals surface area contributed by atoms with E-state index < -0.39 is 17.1 Å². The highest BCUT2D eigenvalue weighted by atomic mass is 16.6. The molecule has 6 atom stereocenters. The summed E-state index contributed by atoms with van der Waals surface area (Å²) >= 11 is 0. The number of carbonyl (C=O) groups excluding carboxylic acids is 2. The first-order valence-electron chi connectivity index (χ1n) is 10.4. The molecule has 3 aliphatic carbocycles. The third-order valence-corrected chi connectivity index (χ3v) is 7.61. The van der Waals surface area contributed by atoms with Crippen molar-refractivity contribution in [3.8, 4) is 18.1 Å². The van der Waals surface area contributed by atoms with Crippen molar-refractivity contribution in [2.75, 3.05) is 0 Å². The van der Waals surface area contributed by atoms with Crippen molar-refractivity contribution >= 4 is 11.9 Å². The molecule has 0 bridgehead atoms. The normalized spacial score (nSPS) is 37.5. The predicted octanol–water partition coefficient (Wildman–Crippen LogP) is 3.37. The summed E-state index contributed by atoms with van der Waals surface area (Å²) < 4.78 is 11.0. The van der Waals surface area contributed by atoms with Gasteiger partial charge in [-0.15, -0.1) is 6.42 Å². The van der Waals surface area contributed by atoms with Crippen LogP contribution in [0.4, 0.5) is 0 Å². The fourth-order valence-corrected chi connectivity index (χ4v) is 6.54. The maximum Gasteiger partial charge on any atom is 0.308 e. The van der Waals surface area contributed by atoms with Gasteiger partial charge in [-0.25, -0.2) is 0 Å². The van der Waals surface area contributed by atoms with Crippen molar-refractivity contribution in [1.29, 1.82) is 0 Å². The second-order valence-electron chi connectivity index (χ2n) is 9.08. The summed E-state index contributed by atoms with van der Waals surface area (Å²) in [5.41, 5.74) is 0.879. The van der Waals surface area contributed by atoms with E-state index in [4.69, 9.17) is 15.9 Å². The van der Waals surface area contributed by atoms with Crippen LogP contribution >= 0.6 is 0 Å². The Morgan fingerprint density at radius 1 is 1.24 bits per heavy atom. The van der Waals surface area contributed by atoms with Crippen LogP contribution in [0.5, 0.6) is 5.75 Å². The quantitative estimate of drug-likeness (QED) is 0.471. The van der Waals surface area contributed by atoms with E-state index in [1.165, 1.54) is 13.8 Å². The highest BCUT2D eigenvalue weighted by Gasteiger charge is 2.65. The Hall–Kier alpha value is -2.32. The highest BCUT2D eigenvalue weighted by Crippen LogP contribution is 2.65. The van der Waals surface area contributed by atoms with Crippen molar-refractivity contribution in [3.05, 3.63) is 29.3 Å². The standard InChI is InChI=1S/C24H28O5/c1-5-24(29-15(3)26)11-10-20-19-8-6-16-12-17(28-14(2)25)7-9-18(16)22(19)21(27)13-23(20,24)4/h1,7,9,12,19-22,27H,6,8,10-11,13H2,2-4H3/t19-,20-,21-,22-,23-,24-/m1/s1. The van der Waals surface area contributed by atoms with E-state index in [2.05, 4.69) is 12.8 Å². The fraction of sp³-hybridized carbons (Fsp3) is 0.583. The first kappa shape index (κ1) is 20.0. The molecular weight excluding hydrogens is 368 g/mol. The lowest BCUT2D eigenvalue weighted by atomic mass is 9.52. The maximum atomic E-state index is 11.8. The van der Waals surface area contributed by atoms with Gasteiger partial charge in [0.15, 0.2) is 5.60 Å². The third kappa shape index (κ3) is 2.97. The van der Waals surface area contributed by atoms with Crippen LogP contribution in [0.25, 0.3) is 0 Å². The number of fused-ring (bicyclic) bond motifs is 5. The van der Waals surface area contributed by atoms with Crippen LogP contribution in [0, 0.1) is 29.6 Å². The number of carbonyl (C=O) groups is 2. The molecule has 154 valence electrons. The van der Waals surface area contributed by atoms with E-state index in [0.29, 0.717) is 18.6 Å². The summed E-state index contributed by atoms with van der Waals surface area (Å²) in [6.07, 6.45) is 9.16. The number of esters is 2. The summed E-state index contributed by atoms with van der Waals surface area (Å²) in [5.74, 6) is 3.24. The van der Waals surface area contributed by atoms with E-state index in [0.717, 1.165) is 30.4 Å². The number of hydrogen-bond acceptors (Lipinski definition) is 5. The van der Waals surface area contributed by atoms with Gasteiger partial charge in [-0.2, -0.15) is 0 Å². The van der Waals surface area contributed by atoms with Crippen LogP contribution in [-0.2, 0) is 20.7 Å². The van der Waals surface area contributed by atoms with Crippen LogP contribution < -0.4 is 4.74 Å². The molecule has 0 saturated heterocycles. The molecule has 2 saturated carbocycles. The van der Waals surface area contributed by atoms with Gasteiger partial charge in [0.25, 0.3) is 0 Å². The van der Waals surface area contributed by atoms with Crippen molar-refractivity contribution in [2.24, 2.45) is 17.3 Å². The number of aryl methyl sites for hydroxylation is 1. The molecule has 0 spiro atoms. The molecule has 1 N–H and O–H groups in total. The zero-order valence-corrected chi connectivity index (χ0v) is 17.2. The van der Waals surface area contributed by atoms with Crippen molar-refractivity contribution in [2.45, 2.75) is 70.5 Å². The smallest absolute Gasteiger partial charge is 0.308 e. The molecular formula is C24H28O5. The van der Waals surface area contributed by atoms with E-state index in [9.17, 15) is 14.7 Å². The highest BCUT2D eigenvalue weighted by molar-refractivity contribution is 5.69. The first-order valence-corrected chi connectivity index (χ1v) is 10.4. The minimum absolute atomic E-state index is 0.0223. The minimum atomic E-state index is -0.949. The Morgan fingerprint density at radius 2 is 2.00 bits per heavy atom. The van der Waals surface area contributed by atoms with E-state index >= 15 is 0 Å². The molecule has 0 radical (unpaired) electrons. The largest absolute Gasteiger partial charge is 0.445 e. The number of terminal acetylenes is 1. The Bertz CT molecular complexity index is 899. The van der Waals surface area contributed by atoms with Crippen LogP contribution in [-0.4, -0.2) is 28.8 Å². The van der Waals surface area contributed by atoms with E-state index in [1.54, 1.807) is 0 Å². The second kappa shape index (κ2) is 6.88. The van der Waals surface area contributed by atoms with Crippen molar-refractivity contribution in [3.63, 3.8) is 0 Å². The number of benzene rings is 1. The second-order valence-corrected chi connectivity index (χ2v) is 9.08. The summed E-state index contributed by atoms with van der Waals surface area (Å²) in [6.45, 7) is 4.88. The fourth-order valence-electron chi connectivity index (χ4n) is 6.54. The Kier molecular flexibility index (Phi) is 4.74. The molecule has 4 rings (SSSR count). The van der Waals surface area contributed by atoms with Crippen LogP contribution in [0.15, 0.2) is 18.2 Å². The average molecular weight is 396 g/mol. The SMILES string of the molecule is C#C[C@@]1(OC(C)=O)CC[C@@H]2[C@H]3CCc4cc(OC(C)=O)ccc4[C@H]3[C@H](O)C[C@]21C. The minimum Gasteiger partial charge on any atom is -0.445 e. The van der Waals surface area contributed by atoms with Gasteiger partial charge in [-0.3, -0.25) is 9.59 Å². The molecule has 5 nitrogen and oxygen atoms in total. The maximum absolute atomic E-state index is 11.8. The number of aliphatic hydroxyl groups excluding tert-OH is 1. The third-order valence-electron chi connectivity index (χ3n) is 7.61.